The molecule has 0 aromatic carbocycles. The van der Waals surface area contributed by atoms with Gasteiger partial charge in [-0.1, -0.05) is 0 Å². The molecule has 3 N–H and O–H groups in total. The monoisotopic (exact) mass is 226 g/mol. The second-order valence-corrected chi connectivity index (χ2v) is 4.82. The van der Waals surface area contributed by atoms with Crippen LogP contribution in [0.25, 0.3) is 0 Å². The molecule has 0 radical (unpaired) electrons. The van der Waals surface area contributed by atoms with Crippen molar-refractivity contribution in [1.82, 2.24) is 9.97 Å². The zero-order valence-electron chi connectivity index (χ0n) is 9.45. The molecule has 0 bridgehead atoms. The number of hydrogen-bond acceptors (Lipinski definition) is 5. The molecule has 0 aliphatic heterocycles. The Balaban J connectivity index is 2.71. The summed E-state index contributed by atoms with van der Waals surface area (Å²) in [5, 5.41) is 4.32. The van der Waals surface area contributed by atoms with Crippen LogP contribution < -0.4 is 11.1 Å². The Morgan fingerprint density at radius 3 is 2.80 bits per heavy atom. The van der Waals surface area contributed by atoms with E-state index in [2.05, 4.69) is 29.1 Å². The molecule has 0 saturated carbocycles. The van der Waals surface area contributed by atoms with Crippen molar-refractivity contribution in [2.45, 2.75) is 30.8 Å². The zero-order chi connectivity index (χ0) is 11.3. The largest absolute Gasteiger partial charge is 0.365 e. The lowest BCUT2D eigenvalue weighted by atomic mass is 10.0. The maximum absolute atomic E-state index is 5.55. The molecule has 1 aromatic heterocycles. The van der Waals surface area contributed by atoms with E-state index in [0.29, 0.717) is 6.54 Å². The molecule has 0 amide bonds. The standard InChI is InChI=1S/C10H18N4S/c1-10(2,4-5-11)14-8-6-9(15-3)13-7-12-8/h6-7H,4-5,11H2,1-3H3,(H,12,13,14). The molecule has 0 unspecified atom stereocenters. The minimum Gasteiger partial charge on any atom is -0.365 e. The Morgan fingerprint density at radius 2 is 2.20 bits per heavy atom. The van der Waals surface area contributed by atoms with Gasteiger partial charge in [-0.25, -0.2) is 9.97 Å². The number of nitrogens with zero attached hydrogens (tertiary/aromatic N) is 2. The summed E-state index contributed by atoms with van der Waals surface area (Å²) in [4.78, 5) is 8.30. The Hall–Kier alpha value is -0.810. The van der Waals surface area contributed by atoms with Gasteiger partial charge in [-0.05, 0) is 33.1 Å². The van der Waals surface area contributed by atoms with Crippen molar-refractivity contribution in [1.29, 1.82) is 0 Å². The first-order chi connectivity index (χ1) is 7.07. The molecule has 84 valence electrons. The van der Waals surface area contributed by atoms with Crippen LogP contribution >= 0.6 is 11.8 Å². The van der Waals surface area contributed by atoms with Crippen LogP contribution in [0.2, 0.25) is 0 Å². The first-order valence-electron chi connectivity index (χ1n) is 4.92. The molecule has 0 aliphatic carbocycles. The highest BCUT2D eigenvalue weighted by atomic mass is 32.2. The highest BCUT2D eigenvalue weighted by molar-refractivity contribution is 7.98. The number of aromatic nitrogens is 2. The van der Waals surface area contributed by atoms with E-state index < -0.39 is 0 Å². The lowest BCUT2D eigenvalue weighted by molar-refractivity contribution is 0.524. The van der Waals surface area contributed by atoms with Crippen molar-refractivity contribution in [3.8, 4) is 0 Å². The predicted octanol–water partition coefficient (Wildman–Crippen LogP) is 1.74. The lowest BCUT2D eigenvalue weighted by Crippen LogP contribution is -2.33. The van der Waals surface area contributed by atoms with Gasteiger partial charge >= 0.3 is 0 Å². The average Bonchev–Trinajstić information content (AvgIpc) is 2.17. The van der Waals surface area contributed by atoms with Crippen LogP contribution in [0.5, 0.6) is 0 Å². The highest BCUT2D eigenvalue weighted by Gasteiger charge is 2.16. The van der Waals surface area contributed by atoms with Gasteiger partial charge in [0, 0.05) is 11.6 Å². The zero-order valence-corrected chi connectivity index (χ0v) is 10.3. The van der Waals surface area contributed by atoms with Crippen LogP contribution in [0.15, 0.2) is 17.4 Å². The summed E-state index contributed by atoms with van der Waals surface area (Å²) in [6, 6.07) is 1.95. The molecule has 0 spiro atoms. The number of thioether (sulfide) groups is 1. The van der Waals surface area contributed by atoms with E-state index in [4.69, 9.17) is 5.73 Å². The van der Waals surface area contributed by atoms with Gasteiger partial charge in [0.05, 0.1) is 0 Å². The fraction of sp³-hybridized carbons (Fsp3) is 0.600. The molecule has 0 fully saturated rings. The van der Waals surface area contributed by atoms with Crippen molar-refractivity contribution in [3.63, 3.8) is 0 Å². The van der Waals surface area contributed by atoms with Crippen molar-refractivity contribution < 1.29 is 0 Å². The van der Waals surface area contributed by atoms with Gasteiger partial charge in [0.15, 0.2) is 0 Å². The van der Waals surface area contributed by atoms with E-state index in [1.165, 1.54) is 0 Å². The first kappa shape index (κ1) is 12.3. The third kappa shape index (κ3) is 4.05. The van der Waals surface area contributed by atoms with E-state index in [0.717, 1.165) is 17.3 Å². The second-order valence-electron chi connectivity index (χ2n) is 3.99. The number of hydrogen-bond donors (Lipinski definition) is 2. The van der Waals surface area contributed by atoms with E-state index >= 15 is 0 Å². The molecule has 15 heavy (non-hydrogen) atoms. The topological polar surface area (TPSA) is 63.8 Å². The molecular formula is C10H18N4S. The average molecular weight is 226 g/mol. The van der Waals surface area contributed by atoms with Crippen molar-refractivity contribution >= 4 is 17.6 Å². The molecule has 5 heteroatoms. The van der Waals surface area contributed by atoms with Gasteiger partial charge in [-0.2, -0.15) is 0 Å². The Kier molecular flexibility index (Phi) is 4.35. The second kappa shape index (κ2) is 5.32. The summed E-state index contributed by atoms with van der Waals surface area (Å²) in [6.45, 7) is 4.89. The van der Waals surface area contributed by atoms with Crippen LogP contribution in [0.3, 0.4) is 0 Å². The summed E-state index contributed by atoms with van der Waals surface area (Å²) in [5.74, 6) is 0.854. The van der Waals surface area contributed by atoms with Gasteiger partial charge in [0.25, 0.3) is 0 Å². The Labute approximate surface area is 95.1 Å². The quantitative estimate of drug-likeness (QED) is 0.591. The third-order valence-corrected chi connectivity index (χ3v) is 2.73. The minimum absolute atomic E-state index is 0.0290. The number of nitrogens with one attached hydrogen (secondary N) is 1. The minimum atomic E-state index is -0.0290. The van der Waals surface area contributed by atoms with Crippen molar-refractivity contribution in [3.05, 3.63) is 12.4 Å². The smallest absolute Gasteiger partial charge is 0.130 e. The molecule has 0 aliphatic rings. The summed E-state index contributed by atoms with van der Waals surface area (Å²) in [6.07, 6.45) is 4.48. The maximum Gasteiger partial charge on any atom is 0.130 e. The van der Waals surface area contributed by atoms with Gasteiger partial charge in [-0.15, -0.1) is 11.8 Å². The normalized spacial score (nSPS) is 11.5. The van der Waals surface area contributed by atoms with Gasteiger partial charge in [0.1, 0.15) is 17.2 Å². The van der Waals surface area contributed by atoms with Gasteiger partial charge < -0.3 is 11.1 Å². The molecule has 0 saturated heterocycles. The SMILES string of the molecule is CSc1cc(NC(C)(C)CCN)ncn1. The van der Waals surface area contributed by atoms with Crippen LogP contribution in [-0.2, 0) is 0 Å². The molecule has 4 nitrogen and oxygen atoms in total. The highest BCUT2D eigenvalue weighted by Crippen LogP contribution is 2.18. The van der Waals surface area contributed by atoms with E-state index in [9.17, 15) is 0 Å². The fourth-order valence-electron chi connectivity index (χ4n) is 1.29. The lowest BCUT2D eigenvalue weighted by Gasteiger charge is -2.26. The first-order valence-corrected chi connectivity index (χ1v) is 6.14. The molecule has 1 aromatic rings. The summed E-state index contributed by atoms with van der Waals surface area (Å²) in [5.41, 5.74) is 5.52. The summed E-state index contributed by atoms with van der Waals surface area (Å²) < 4.78 is 0. The van der Waals surface area contributed by atoms with Crippen LogP contribution in [0.4, 0.5) is 5.82 Å². The van der Waals surface area contributed by atoms with E-state index in [-0.39, 0.29) is 5.54 Å². The Morgan fingerprint density at radius 1 is 1.47 bits per heavy atom. The summed E-state index contributed by atoms with van der Waals surface area (Å²) in [7, 11) is 0. The van der Waals surface area contributed by atoms with Gasteiger partial charge in [0.2, 0.25) is 0 Å². The van der Waals surface area contributed by atoms with Crippen LogP contribution in [0.1, 0.15) is 20.3 Å². The number of anilines is 1. The number of rotatable bonds is 5. The molecular weight excluding hydrogens is 208 g/mol. The molecule has 1 rings (SSSR count). The fourth-order valence-corrected chi connectivity index (χ4v) is 1.67. The summed E-state index contributed by atoms with van der Waals surface area (Å²) >= 11 is 1.61. The van der Waals surface area contributed by atoms with E-state index in [1.807, 2.05) is 12.3 Å². The third-order valence-electron chi connectivity index (χ3n) is 2.09. The maximum atomic E-state index is 5.55. The van der Waals surface area contributed by atoms with E-state index in [1.54, 1.807) is 18.1 Å². The van der Waals surface area contributed by atoms with Gasteiger partial charge in [-0.3, -0.25) is 0 Å². The Bertz CT molecular complexity index is 314. The number of nitrogens with two attached hydrogens (primary N) is 1. The van der Waals surface area contributed by atoms with Crippen LogP contribution in [-0.4, -0.2) is 28.3 Å². The van der Waals surface area contributed by atoms with Crippen molar-refractivity contribution in [2.75, 3.05) is 18.1 Å². The van der Waals surface area contributed by atoms with Crippen LogP contribution in [0, 0.1) is 0 Å². The van der Waals surface area contributed by atoms with Crippen molar-refractivity contribution in [2.24, 2.45) is 5.73 Å². The molecule has 1 heterocycles. The predicted molar refractivity (Wildman–Crippen MR) is 65.2 cm³/mol. The molecule has 0 atom stereocenters.